The van der Waals surface area contributed by atoms with E-state index in [1.165, 1.54) is 11.8 Å². The highest BCUT2D eigenvalue weighted by atomic mass is 16.2. The number of nitrogen functional groups attached to an aromatic ring is 1. The summed E-state index contributed by atoms with van der Waals surface area (Å²) in [6, 6.07) is 1.58. The lowest BCUT2D eigenvalue weighted by molar-refractivity contribution is -0.135. The highest BCUT2D eigenvalue weighted by molar-refractivity contribution is 5.85. The van der Waals surface area contributed by atoms with Crippen molar-refractivity contribution in [2.45, 2.75) is 13.5 Å². The van der Waals surface area contributed by atoms with Gasteiger partial charge in [0.05, 0.1) is 11.9 Å². The lowest BCUT2D eigenvalue weighted by atomic mass is 10.3. The van der Waals surface area contributed by atoms with Gasteiger partial charge in [0.1, 0.15) is 18.0 Å². The van der Waals surface area contributed by atoms with E-state index in [2.05, 4.69) is 15.3 Å². The minimum absolute atomic E-state index is 0.00864. The molecule has 0 aliphatic carbocycles. The third kappa shape index (κ3) is 3.95. The number of hydrogen-bond acceptors (Lipinski definition) is 6. The molecule has 0 saturated carbocycles. The summed E-state index contributed by atoms with van der Waals surface area (Å²) in [6.45, 7) is 2.47. The smallest absolute Gasteiger partial charge is 0.261 e. The molecular weight excluding hydrogens is 300 g/mol. The number of hydrogen-bond donors (Lipinski definition) is 3. The molecule has 0 aromatic carbocycles. The van der Waals surface area contributed by atoms with Crippen molar-refractivity contribution in [1.29, 1.82) is 0 Å². The van der Waals surface area contributed by atoms with E-state index in [0.29, 0.717) is 24.1 Å². The average molecular weight is 320 g/mol. The number of Topliss-reactive ketones (excluding diaryl/α,β-unsaturated/α-hetero) is 1. The van der Waals surface area contributed by atoms with Gasteiger partial charge in [-0.15, -0.1) is 0 Å². The number of carbonyl (C=O) groups is 2. The second kappa shape index (κ2) is 7.05. The van der Waals surface area contributed by atoms with Gasteiger partial charge in [-0.3, -0.25) is 19.4 Å². The summed E-state index contributed by atoms with van der Waals surface area (Å²) in [4.78, 5) is 43.5. The topological polar surface area (TPSA) is 126 Å². The Kier molecular flexibility index (Phi) is 5.12. The van der Waals surface area contributed by atoms with Crippen LogP contribution in [-0.2, 0) is 16.1 Å². The number of nitrogens with one attached hydrogen (secondary N) is 2. The number of aromatic amines is 1. The number of nitrogens with two attached hydrogens (primary N) is 1. The first kappa shape index (κ1) is 16.7. The van der Waals surface area contributed by atoms with Crippen LogP contribution in [0, 0.1) is 0 Å². The number of fused-ring (bicyclic) bond motifs is 1. The normalized spacial score (nSPS) is 10.9. The Morgan fingerprint density at radius 1 is 1.48 bits per heavy atom. The molecule has 2 heterocycles. The van der Waals surface area contributed by atoms with Crippen molar-refractivity contribution in [3.05, 3.63) is 22.6 Å². The Labute approximate surface area is 132 Å². The van der Waals surface area contributed by atoms with Crippen LogP contribution in [0.4, 0.5) is 5.95 Å². The Balaban J connectivity index is 2.24. The molecule has 9 heteroatoms. The molecular formula is C14H20N6O3. The predicted molar refractivity (Wildman–Crippen MR) is 86.0 cm³/mol. The first-order valence-corrected chi connectivity index (χ1v) is 7.19. The molecule has 0 aliphatic heterocycles. The maximum Gasteiger partial charge on any atom is 0.261 e. The Bertz CT molecular complexity index is 778. The van der Waals surface area contributed by atoms with E-state index in [-0.39, 0.29) is 36.3 Å². The zero-order chi connectivity index (χ0) is 17.0. The van der Waals surface area contributed by atoms with E-state index in [0.717, 1.165) is 0 Å². The second-order valence-corrected chi connectivity index (χ2v) is 5.25. The number of rotatable bonds is 7. The summed E-state index contributed by atoms with van der Waals surface area (Å²) < 4.78 is 1.55. The number of likely N-dealkylation sites (N-methyl/N-ethyl adjacent to an activating group) is 1. The minimum atomic E-state index is -0.352. The molecule has 0 fully saturated rings. The van der Waals surface area contributed by atoms with E-state index in [9.17, 15) is 14.4 Å². The molecule has 23 heavy (non-hydrogen) atoms. The van der Waals surface area contributed by atoms with Crippen LogP contribution in [0.5, 0.6) is 0 Å². The Hall–Kier alpha value is -2.68. The van der Waals surface area contributed by atoms with E-state index < -0.39 is 0 Å². The van der Waals surface area contributed by atoms with Crippen LogP contribution in [0.15, 0.2) is 17.1 Å². The predicted octanol–water partition coefficient (Wildman–Crippen LogP) is -1.06. The van der Waals surface area contributed by atoms with Crippen molar-refractivity contribution >= 4 is 28.7 Å². The van der Waals surface area contributed by atoms with E-state index in [1.54, 1.807) is 23.9 Å². The lowest BCUT2D eigenvalue weighted by Crippen LogP contribution is -2.40. The highest BCUT2D eigenvalue weighted by Crippen LogP contribution is 2.10. The van der Waals surface area contributed by atoms with Gasteiger partial charge < -0.3 is 20.5 Å². The zero-order valence-corrected chi connectivity index (χ0v) is 13.1. The number of anilines is 1. The van der Waals surface area contributed by atoms with E-state index >= 15 is 0 Å². The zero-order valence-electron chi connectivity index (χ0n) is 13.1. The molecule has 2 rings (SSSR count). The molecule has 0 unspecified atom stereocenters. The highest BCUT2D eigenvalue weighted by Gasteiger charge is 2.17. The van der Waals surface area contributed by atoms with Gasteiger partial charge in [0.15, 0.2) is 0 Å². The lowest BCUT2D eigenvalue weighted by Gasteiger charge is -2.21. The van der Waals surface area contributed by atoms with Gasteiger partial charge in [-0.1, -0.05) is 0 Å². The van der Waals surface area contributed by atoms with E-state index in [4.69, 9.17) is 5.73 Å². The SMILES string of the molecule is CNCCN(CC(C)=O)C(=O)Cn1ccc2c(=O)[nH]c(N)nc21. The summed E-state index contributed by atoms with van der Waals surface area (Å²) >= 11 is 0. The quantitative estimate of drug-likeness (QED) is 0.597. The van der Waals surface area contributed by atoms with Crippen LogP contribution in [0.25, 0.3) is 11.0 Å². The van der Waals surface area contributed by atoms with Crippen molar-refractivity contribution in [2.24, 2.45) is 0 Å². The van der Waals surface area contributed by atoms with Crippen LogP contribution in [0.1, 0.15) is 6.92 Å². The van der Waals surface area contributed by atoms with Crippen molar-refractivity contribution in [3.63, 3.8) is 0 Å². The number of amides is 1. The van der Waals surface area contributed by atoms with Gasteiger partial charge in [-0.25, -0.2) is 0 Å². The molecule has 124 valence electrons. The largest absolute Gasteiger partial charge is 0.369 e. The maximum absolute atomic E-state index is 12.4. The van der Waals surface area contributed by atoms with Crippen molar-refractivity contribution in [3.8, 4) is 0 Å². The molecule has 0 spiro atoms. The van der Waals surface area contributed by atoms with Gasteiger partial charge in [-0.2, -0.15) is 4.98 Å². The molecule has 0 radical (unpaired) electrons. The van der Waals surface area contributed by atoms with Gasteiger partial charge in [0, 0.05) is 19.3 Å². The van der Waals surface area contributed by atoms with Gasteiger partial charge in [-0.05, 0) is 20.0 Å². The average Bonchev–Trinajstić information content (AvgIpc) is 2.86. The van der Waals surface area contributed by atoms with E-state index in [1.807, 2.05) is 0 Å². The maximum atomic E-state index is 12.4. The minimum Gasteiger partial charge on any atom is -0.369 e. The summed E-state index contributed by atoms with van der Waals surface area (Å²) in [5.74, 6) is -0.329. The molecule has 0 saturated heterocycles. The molecule has 4 N–H and O–H groups in total. The molecule has 2 aromatic rings. The van der Waals surface area contributed by atoms with Crippen molar-refractivity contribution < 1.29 is 9.59 Å². The number of nitrogens with zero attached hydrogens (tertiary/aromatic N) is 3. The standard InChI is InChI=1S/C14H20N6O3/c1-9(21)7-19(6-4-16-2)11(22)8-20-5-3-10-12(20)17-14(15)18-13(10)23/h3,5,16H,4,6-8H2,1-2H3,(H3,15,17,18,23). The third-order valence-electron chi connectivity index (χ3n) is 3.35. The summed E-state index contributed by atoms with van der Waals surface area (Å²) in [6.07, 6.45) is 1.61. The fraction of sp³-hybridized carbons (Fsp3) is 0.429. The molecule has 0 aliphatic rings. The number of aromatic nitrogens is 3. The molecule has 0 bridgehead atoms. The van der Waals surface area contributed by atoms with Gasteiger partial charge in [0.25, 0.3) is 5.56 Å². The monoisotopic (exact) mass is 320 g/mol. The molecule has 0 atom stereocenters. The fourth-order valence-corrected chi connectivity index (χ4v) is 2.27. The van der Waals surface area contributed by atoms with Crippen LogP contribution in [0.2, 0.25) is 0 Å². The van der Waals surface area contributed by atoms with Crippen LogP contribution in [0.3, 0.4) is 0 Å². The summed E-state index contributed by atoms with van der Waals surface area (Å²) in [5, 5.41) is 3.30. The van der Waals surface area contributed by atoms with Crippen LogP contribution < -0.4 is 16.6 Å². The first-order chi connectivity index (χ1) is 10.9. The summed E-state index contributed by atoms with van der Waals surface area (Å²) in [7, 11) is 1.77. The number of ketones is 1. The van der Waals surface area contributed by atoms with Crippen molar-refractivity contribution in [2.75, 3.05) is 32.4 Å². The van der Waals surface area contributed by atoms with Crippen molar-refractivity contribution in [1.82, 2.24) is 24.8 Å². The van der Waals surface area contributed by atoms with Gasteiger partial charge in [0.2, 0.25) is 11.9 Å². The fourth-order valence-electron chi connectivity index (χ4n) is 2.27. The second-order valence-electron chi connectivity index (χ2n) is 5.25. The Morgan fingerprint density at radius 2 is 2.22 bits per heavy atom. The van der Waals surface area contributed by atoms with Crippen LogP contribution in [-0.4, -0.2) is 57.8 Å². The Morgan fingerprint density at radius 3 is 2.87 bits per heavy atom. The van der Waals surface area contributed by atoms with Gasteiger partial charge >= 0.3 is 0 Å². The molecule has 2 aromatic heterocycles. The molecule has 9 nitrogen and oxygen atoms in total. The number of H-pyrrole nitrogens is 1. The first-order valence-electron chi connectivity index (χ1n) is 7.19. The number of carbonyl (C=O) groups excluding carboxylic acids is 2. The summed E-state index contributed by atoms with van der Waals surface area (Å²) in [5.41, 5.74) is 5.54. The van der Waals surface area contributed by atoms with Crippen LogP contribution >= 0.6 is 0 Å². The molecule has 1 amide bonds. The third-order valence-corrected chi connectivity index (χ3v) is 3.35.